The van der Waals surface area contributed by atoms with E-state index in [4.69, 9.17) is 42.6 Å². The molecule has 0 aromatic heterocycles. The third kappa shape index (κ3) is 11.0. The molecule has 28 heteroatoms. The van der Waals surface area contributed by atoms with E-state index < -0.39 is 198 Å². The van der Waals surface area contributed by atoms with Crippen molar-refractivity contribution in [2.24, 2.45) is 0 Å². The van der Waals surface area contributed by atoms with Crippen LogP contribution >= 0.6 is 0 Å². The molecule has 25 atom stereocenters. The second-order valence-corrected chi connectivity index (χ2v) is 15.5. The van der Waals surface area contributed by atoms with Crippen molar-refractivity contribution in [2.45, 2.75) is 167 Å². The molecule has 5 aliphatic rings. The minimum absolute atomic E-state index is 0.746. The molecule has 62 heavy (non-hydrogen) atoms. The average molecular weight is 911 g/mol. The van der Waals surface area contributed by atoms with Crippen LogP contribution in [0.4, 0.5) is 0 Å². The van der Waals surface area contributed by atoms with Gasteiger partial charge in [-0.3, -0.25) is 9.59 Å². The summed E-state index contributed by atoms with van der Waals surface area (Å²) in [4.78, 5) is 24.5. The van der Waals surface area contributed by atoms with E-state index in [-0.39, 0.29) is 0 Å². The van der Waals surface area contributed by atoms with Gasteiger partial charge in [-0.1, -0.05) is 0 Å². The molecule has 17 N–H and O–H groups in total. The lowest BCUT2D eigenvalue weighted by molar-refractivity contribution is -0.376. The zero-order valence-corrected chi connectivity index (χ0v) is 33.2. The van der Waals surface area contributed by atoms with E-state index in [9.17, 15) is 86.2 Å². The second kappa shape index (κ2) is 22.0. The Kier molecular flexibility index (Phi) is 18.1. The molecule has 5 aliphatic heterocycles. The predicted octanol–water partition coefficient (Wildman–Crippen LogP) is -11.6. The number of amides is 2. The van der Waals surface area contributed by atoms with Crippen molar-refractivity contribution in [1.29, 1.82) is 0 Å². The minimum Gasteiger partial charge on any atom is -0.394 e. The number of nitrogens with one attached hydrogen (secondary N) is 2. The molecule has 0 aromatic carbocycles. The molecule has 5 saturated heterocycles. The number of carbonyl (C=O) groups excluding carboxylic acids is 2. The van der Waals surface area contributed by atoms with Crippen molar-refractivity contribution in [3.63, 3.8) is 0 Å². The maximum atomic E-state index is 12.4. The van der Waals surface area contributed by atoms with Crippen molar-refractivity contribution >= 4 is 11.8 Å². The van der Waals surface area contributed by atoms with Crippen LogP contribution in [0.3, 0.4) is 0 Å². The molecule has 0 spiro atoms. The molecule has 0 radical (unpaired) electrons. The van der Waals surface area contributed by atoms with Crippen LogP contribution in [0, 0.1) is 0 Å². The topological polar surface area (TPSA) is 445 Å². The average Bonchev–Trinajstić information content (AvgIpc) is 3.23. The van der Waals surface area contributed by atoms with Gasteiger partial charge < -0.3 is 130 Å². The Morgan fingerprint density at radius 1 is 0.419 bits per heavy atom. The van der Waals surface area contributed by atoms with Gasteiger partial charge in [-0.15, -0.1) is 0 Å². The molecule has 28 nitrogen and oxygen atoms in total. The normalized spacial score (nSPS) is 49.0. The van der Waals surface area contributed by atoms with Gasteiger partial charge in [0.2, 0.25) is 11.8 Å². The number of rotatable bonds is 15. The molecule has 0 bridgehead atoms. The highest BCUT2D eigenvalue weighted by Gasteiger charge is 2.56. The molecular formula is C34H58N2O26. The summed E-state index contributed by atoms with van der Waals surface area (Å²) in [6, 6.07) is -3.33. The van der Waals surface area contributed by atoms with E-state index >= 15 is 0 Å². The Morgan fingerprint density at radius 2 is 0.839 bits per heavy atom. The zero-order valence-electron chi connectivity index (χ0n) is 33.2. The molecule has 2 amide bonds. The van der Waals surface area contributed by atoms with Crippen molar-refractivity contribution in [2.75, 3.05) is 33.0 Å². The van der Waals surface area contributed by atoms with Gasteiger partial charge >= 0.3 is 0 Å². The summed E-state index contributed by atoms with van der Waals surface area (Å²) in [5, 5.41) is 162. The predicted molar refractivity (Wildman–Crippen MR) is 190 cm³/mol. The minimum atomic E-state index is -2.16. The van der Waals surface area contributed by atoms with Gasteiger partial charge in [0.25, 0.3) is 0 Å². The largest absolute Gasteiger partial charge is 0.394 e. The highest BCUT2D eigenvalue weighted by atomic mass is 16.8. The van der Waals surface area contributed by atoms with Crippen LogP contribution < -0.4 is 10.6 Å². The second-order valence-electron chi connectivity index (χ2n) is 15.5. The number of ether oxygens (including phenoxy) is 9. The fourth-order valence-electron chi connectivity index (χ4n) is 7.73. The van der Waals surface area contributed by atoms with Gasteiger partial charge in [-0.05, 0) is 0 Å². The maximum Gasteiger partial charge on any atom is 0.217 e. The SMILES string of the molecule is CC(=O)N[C@H]1[C@H](O[C@H]2[C@@H](O)[C@@H](CO)O[C@@H](O[C@H]3[C@@H](O)[C@@H](CO[C@@H]4O[C@H](CO)[C@H](O)[C@H](O)[C@H]4O)OC(O)[C@@H]3NC(C)=O)[C@@H]2O)O[C@H](CO)[C@@H](O[C@@H]2O[C@H](CO)[C@H](O)[C@H](O)[C@H]2O)[C@@H]1O. The maximum absolute atomic E-state index is 12.4. The van der Waals surface area contributed by atoms with Crippen LogP contribution in [0.1, 0.15) is 13.8 Å². The number of hydrogen-bond donors (Lipinski definition) is 17. The number of hydrogen-bond acceptors (Lipinski definition) is 26. The highest BCUT2D eigenvalue weighted by molar-refractivity contribution is 5.73. The van der Waals surface area contributed by atoms with E-state index in [1.54, 1.807) is 0 Å². The van der Waals surface area contributed by atoms with Gasteiger partial charge in [0, 0.05) is 13.8 Å². The van der Waals surface area contributed by atoms with Crippen molar-refractivity contribution in [3.8, 4) is 0 Å². The van der Waals surface area contributed by atoms with Gasteiger partial charge in [0.1, 0.15) is 122 Å². The van der Waals surface area contributed by atoms with Crippen LogP contribution in [0.5, 0.6) is 0 Å². The monoisotopic (exact) mass is 910 g/mol. The molecule has 0 saturated carbocycles. The van der Waals surface area contributed by atoms with Crippen LogP contribution in [0.25, 0.3) is 0 Å². The standard InChI is InChI=1S/C34H58N2O26/c1-8(41)35-15-21(47)27(60-33-25(51)23(49)18(44)11(4-38)57-33)13(6-40)59-31(15)62-29-19(45)12(5-39)58-34(26(29)52)61-28-16(36-9(2)42)30(53)55-14(20(28)46)7-54-32-24(50)22(48)17(43)10(3-37)56-32/h10-34,37-40,43-53H,3-7H2,1-2H3,(H,35,41)(H,36,42)/t10-,11-,12-,13-,14-,15-,16-,17+,18+,19+,20+,21-,22+,23+,24-,25-,26-,27-,28-,29+,30?,31+,32-,33+,34+/m1/s1. The van der Waals surface area contributed by atoms with Crippen molar-refractivity contribution < 1.29 is 129 Å². The molecule has 360 valence electrons. The number of aliphatic hydroxyl groups is 15. The van der Waals surface area contributed by atoms with E-state index in [0.29, 0.717) is 0 Å². The zero-order chi connectivity index (χ0) is 45.9. The summed E-state index contributed by atoms with van der Waals surface area (Å²) in [7, 11) is 0. The van der Waals surface area contributed by atoms with Gasteiger partial charge in [-0.2, -0.15) is 0 Å². The van der Waals surface area contributed by atoms with E-state index in [0.717, 1.165) is 13.8 Å². The first-order valence-corrected chi connectivity index (χ1v) is 19.6. The lowest BCUT2D eigenvalue weighted by Gasteiger charge is -2.50. The van der Waals surface area contributed by atoms with E-state index in [1.807, 2.05) is 0 Å². The fraction of sp³-hybridized carbons (Fsp3) is 0.941. The third-order valence-electron chi connectivity index (χ3n) is 11.1. The first-order chi connectivity index (χ1) is 29.3. The van der Waals surface area contributed by atoms with Crippen LogP contribution in [-0.2, 0) is 52.2 Å². The summed E-state index contributed by atoms with van der Waals surface area (Å²) >= 11 is 0. The van der Waals surface area contributed by atoms with Crippen molar-refractivity contribution in [3.05, 3.63) is 0 Å². The van der Waals surface area contributed by atoms with Crippen LogP contribution in [0.2, 0.25) is 0 Å². The van der Waals surface area contributed by atoms with Crippen LogP contribution in [0.15, 0.2) is 0 Å². The Morgan fingerprint density at radius 3 is 1.37 bits per heavy atom. The summed E-state index contributed by atoms with van der Waals surface area (Å²) < 4.78 is 50.5. The first kappa shape index (κ1) is 51.0. The Labute approximate surface area is 351 Å². The summed E-state index contributed by atoms with van der Waals surface area (Å²) in [6.07, 6.45) is -41.7. The number of aliphatic hydroxyl groups excluding tert-OH is 15. The molecule has 5 fully saturated rings. The smallest absolute Gasteiger partial charge is 0.217 e. The van der Waals surface area contributed by atoms with E-state index in [1.165, 1.54) is 0 Å². The lowest BCUT2D eigenvalue weighted by Crippen LogP contribution is -2.70. The third-order valence-corrected chi connectivity index (χ3v) is 11.1. The summed E-state index contributed by atoms with van der Waals surface area (Å²) in [6.45, 7) is -2.24. The molecule has 1 unspecified atom stereocenters. The van der Waals surface area contributed by atoms with E-state index in [2.05, 4.69) is 10.6 Å². The fourth-order valence-corrected chi connectivity index (χ4v) is 7.73. The Hall–Kier alpha value is -2.02. The molecule has 5 rings (SSSR count). The highest BCUT2D eigenvalue weighted by Crippen LogP contribution is 2.35. The first-order valence-electron chi connectivity index (χ1n) is 19.6. The molecule has 0 aromatic rings. The Bertz CT molecular complexity index is 1440. The quantitative estimate of drug-likeness (QED) is 0.0725. The summed E-state index contributed by atoms with van der Waals surface area (Å²) in [5.74, 6) is -1.57. The van der Waals surface area contributed by atoms with Crippen molar-refractivity contribution in [1.82, 2.24) is 10.6 Å². The van der Waals surface area contributed by atoms with Gasteiger partial charge in [-0.25, -0.2) is 0 Å². The molecule has 0 aliphatic carbocycles. The molecule has 5 heterocycles. The van der Waals surface area contributed by atoms with Crippen LogP contribution in [-0.4, -0.2) is 275 Å². The Balaban J connectivity index is 1.35. The van der Waals surface area contributed by atoms with Gasteiger partial charge in [0.15, 0.2) is 31.5 Å². The lowest BCUT2D eigenvalue weighted by atomic mass is 9.94. The summed E-state index contributed by atoms with van der Waals surface area (Å²) in [5.41, 5.74) is 0. The number of carbonyl (C=O) groups is 2. The molecular weight excluding hydrogens is 852 g/mol. The van der Waals surface area contributed by atoms with Gasteiger partial charge in [0.05, 0.1) is 33.0 Å².